The van der Waals surface area contributed by atoms with Crippen molar-refractivity contribution < 1.29 is 19.1 Å². The molecule has 0 aromatic heterocycles. The number of hydrogen-bond acceptors (Lipinski definition) is 4. The van der Waals surface area contributed by atoms with Crippen LogP contribution in [-0.4, -0.2) is 42.5 Å². The van der Waals surface area contributed by atoms with Crippen LogP contribution in [0.25, 0.3) is 0 Å². The number of carbonyl (C=O) groups excluding carboxylic acids is 2. The number of nitrogens with zero attached hydrogens (tertiary/aromatic N) is 1. The van der Waals surface area contributed by atoms with E-state index in [0.717, 1.165) is 22.0 Å². The van der Waals surface area contributed by atoms with Gasteiger partial charge in [-0.2, -0.15) is 0 Å². The van der Waals surface area contributed by atoms with Gasteiger partial charge in [0.1, 0.15) is 17.5 Å². The highest BCUT2D eigenvalue weighted by molar-refractivity contribution is 9.10. The molecule has 190 valence electrons. The number of benzene rings is 3. The Hall–Kier alpha value is -3.32. The number of hydrogen-bond donors (Lipinski definition) is 1. The molecule has 36 heavy (non-hydrogen) atoms. The molecule has 6 nitrogen and oxygen atoms in total. The Morgan fingerprint density at radius 3 is 2.31 bits per heavy atom. The third-order valence-corrected chi connectivity index (χ3v) is 6.46. The highest BCUT2D eigenvalue weighted by Gasteiger charge is 2.31. The Balaban J connectivity index is 1.92. The van der Waals surface area contributed by atoms with Gasteiger partial charge < -0.3 is 19.7 Å². The van der Waals surface area contributed by atoms with Crippen molar-refractivity contribution in [1.29, 1.82) is 0 Å². The number of rotatable bonds is 12. The van der Waals surface area contributed by atoms with Crippen molar-refractivity contribution in [3.63, 3.8) is 0 Å². The maximum absolute atomic E-state index is 13.6. The molecule has 0 unspecified atom stereocenters. The summed E-state index contributed by atoms with van der Waals surface area (Å²) < 4.78 is 12.1. The smallest absolute Gasteiger partial charge is 0.261 e. The van der Waals surface area contributed by atoms with E-state index in [9.17, 15) is 9.59 Å². The SMILES string of the molecule is CC[C@H](C)NC(=O)[C@@H](Cc1ccccc1)N(Cc1cccc(OC)c1)C(=O)COc1ccc(Br)cc1. The van der Waals surface area contributed by atoms with Gasteiger partial charge in [-0.05, 0) is 60.9 Å². The number of methoxy groups -OCH3 is 1. The molecule has 0 bridgehead atoms. The minimum atomic E-state index is -0.714. The number of amides is 2. The van der Waals surface area contributed by atoms with Crippen molar-refractivity contribution in [2.45, 2.75) is 45.3 Å². The van der Waals surface area contributed by atoms with Crippen LogP contribution in [0.1, 0.15) is 31.4 Å². The van der Waals surface area contributed by atoms with Crippen LogP contribution in [0.5, 0.6) is 11.5 Å². The van der Waals surface area contributed by atoms with Crippen molar-refractivity contribution in [3.8, 4) is 11.5 Å². The van der Waals surface area contributed by atoms with Gasteiger partial charge in [-0.1, -0.05) is 65.3 Å². The summed E-state index contributed by atoms with van der Waals surface area (Å²) in [5, 5.41) is 3.07. The predicted molar refractivity (Wildman–Crippen MR) is 145 cm³/mol. The molecular formula is C29H33BrN2O4. The fraction of sp³-hybridized carbons (Fsp3) is 0.310. The van der Waals surface area contributed by atoms with Crippen molar-refractivity contribution in [2.24, 2.45) is 0 Å². The molecule has 0 aliphatic heterocycles. The molecule has 0 radical (unpaired) electrons. The number of nitrogens with one attached hydrogen (secondary N) is 1. The fourth-order valence-electron chi connectivity index (χ4n) is 3.72. The van der Waals surface area contributed by atoms with E-state index in [1.54, 1.807) is 24.1 Å². The van der Waals surface area contributed by atoms with E-state index in [-0.39, 0.29) is 31.0 Å². The Morgan fingerprint density at radius 1 is 0.944 bits per heavy atom. The molecule has 0 saturated heterocycles. The highest BCUT2D eigenvalue weighted by Crippen LogP contribution is 2.20. The molecular weight excluding hydrogens is 520 g/mol. The molecule has 0 saturated carbocycles. The minimum Gasteiger partial charge on any atom is -0.497 e. The van der Waals surface area contributed by atoms with Crippen LogP contribution in [0.2, 0.25) is 0 Å². The molecule has 0 heterocycles. The molecule has 0 aliphatic rings. The van der Waals surface area contributed by atoms with E-state index in [1.165, 1.54) is 0 Å². The number of ether oxygens (including phenoxy) is 2. The summed E-state index contributed by atoms with van der Waals surface area (Å²) in [6, 6.07) is 23.8. The van der Waals surface area contributed by atoms with E-state index in [4.69, 9.17) is 9.47 Å². The lowest BCUT2D eigenvalue weighted by Gasteiger charge is -2.32. The van der Waals surface area contributed by atoms with Gasteiger partial charge in [-0.3, -0.25) is 9.59 Å². The first-order chi connectivity index (χ1) is 17.4. The van der Waals surface area contributed by atoms with Crippen molar-refractivity contribution in [1.82, 2.24) is 10.2 Å². The summed E-state index contributed by atoms with van der Waals surface area (Å²) in [5.74, 6) is 0.806. The summed E-state index contributed by atoms with van der Waals surface area (Å²) in [5.41, 5.74) is 1.83. The topological polar surface area (TPSA) is 67.9 Å². The molecule has 3 aromatic carbocycles. The van der Waals surface area contributed by atoms with Crippen LogP contribution in [0, 0.1) is 0 Å². The second-order valence-corrected chi connectivity index (χ2v) is 9.55. The van der Waals surface area contributed by atoms with Gasteiger partial charge >= 0.3 is 0 Å². The van der Waals surface area contributed by atoms with Gasteiger partial charge in [0.25, 0.3) is 5.91 Å². The third kappa shape index (κ3) is 8.12. The van der Waals surface area contributed by atoms with E-state index in [2.05, 4.69) is 21.2 Å². The average molecular weight is 553 g/mol. The fourth-order valence-corrected chi connectivity index (χ4v) is 3.99. The van der Waals surface area contributed by atoms with Crippen molar-refractivity contribution in [3.05, 3.63) is 94.5 Å². The monoisotopic (exact) mass is 552 g/mol. The van der Waals surface area contributed by atoms with Crippen LogP contribution in [0.4, 0.5) is 0 Å². The zero-order valence-corrected chi connectivity index (χ0v) is 22.5. The maximum atomic E-state index is 13.6. The first kappa shape index (κ1) is 27.3. The third-order valence-electron chi connectivity index (χ3n) is 5.94. The summed E-state index contributed by atoms with van der Waals surface area (Å²) in [4.78, 5) is 28.7. The van der Waals surface area contributed by atoms with Crippen LogP contribution in [-0.2, 0) is 22.6 Å². The molecule has 1 N–H and O–H groups in total. The zero-order chi connectivity index (χ0) is 25.9. The lowest BCUT2D eigenvalue weighted by atomic mass is 10.0. The zero-order valence-electron chi connectivity index (χ0n) is 20.9. The standard InChI is InChI=1S/C29H33BrN2O4/c1-4-21(2)31-29(34)27(18-22-9-6-5-7-10-22)32(19-23-11-8-12-26(17-23)35-3)28(33)20-36-25-15-13-24(30)14-16-25/h5-17,21,27H,4,18-20H2,1-3H3,(H,31,34)/t21-,27+/m0/s1. The van der Waals surface area contributed by atoms with E-state index >= 15 is 0 Å². The molecule has 3 rings (SSSR count). The summed E-state index contributed by atoms with van der Waals surface area (Å²) in [7, 11) is 1.60. The second kappa shape index (κ2) is 13.7. The van der Waals surface area contributed by atoms with Crippen molar-refractivity contribution >= 4 is 27.7 Å². The molecule has 0 spiro atoms. The van der Waals surface area contributed by atoms with Gasteiger partial charge in [-0.15, -0.1) is 0 Å². The molecule has 2 amide bonds. The highest BCUT2D eigenvalue weighted by atomic mass is 79.9. The molecule has 0 fully saturated rings. The summed E-state index contributed by atoms with van der Waals surface area (Å²) in [6.07, 6.45) is 1.18. The normalized spacial score (nSPS) is 12.3. The summed E-state index contributed by atoms with van der Waals surface area (Å²) in [6.45, 7) is 4.03. The molecule has 7 heteroatoms. The largest absolute Gasteiger partial charge is 0.497 e. The minimum absolute atomic E-state index is 0.0106. The van der Waals surface area contributed by atoms with Gasteiger partial charge in [0, 0.05) is 23.5 Å². The summed E-state index contributed by atoms with van der Waals surface area (Å²) >= 11 is 3.40. The molecule has 0 aliphatic carbocycles. The molecule has 3 aromatic rings. The average Bonchev–Trinajstić information content (AvgIpc) is 2.90. The van der Waals surface area contributed by atoms with Gasteiger partial charge in [0.05, 0.1) is 7.11 Å². The number of carbonyl (C=O) groups is 2. The first-order valence-corrected chi connectivity index (χ1v) is 12.8. The quantitative estimate of drug-likeness (QED) is 0.327. The lowest BCUT2D eigenvalue weighted by Crippen LogP contribution is -2.53. The van der Waals surface area contributed by atoms with Crippen LogP contribution in [0.3, 0.4) is 0 Å². The Kier molecular flexibility index (Phi) is 10.4. The maximum Gasteiger partial charge on any atom is 0.261 e. The number of halogens is 1. The Morgan fingerprint density at radius 2 is 1.64 bits per heavy atom. The van der Waals surface area contributed by atoms with Crippen LogP contribution >= 0.6 is 15.9 Å². The van der Waals surface area contributed by atoms with Gasteiger partial charge in [0.15, 0.2) is 6.61 Å². The lowest BCUT2D eigenvalue weighted by molar-refractivity contribution is -0.143. The van der Waals surface area contributed by atoms with E-state index < -0.39 is 6.04 Å². The Bertz CT molecular complexity index is 1120. The van der Waals surface area contributed by atoms with Crippen molar-refractivity contribution in [2.75, 3.05) is 13.7 Å². The second-order valence-electron chi connectivity index (χ2n) is 8.64. The predicted octanol–water partition coefficient (Wildman–Crippen LogP) is 5.39. The van der Waals surface area contributed by atoms with Crippen LogP contribution in [0.15, 0.2) is 83.3 Å². The van der Waals surface area contributed by atoms with E-state index in [0.29, 0.717) is 17.9 Å². The van der Waals surface area contributed by atoms with Crippen LogP contribution < -0.4 is 14.8 Å². The molecule has 2 atom stereocenters. The van der Waals surface area contributed by atoms with Gasteiger partial charge in [0.2, 0.25) is 5.91 Å². The Labute approximate surface area is 221 Å². The van der Waals surface area contributed by atoms with E-state index in [1.807, 2.05) is 80.6 Å². The first-order valence-electron chi connectivity index (χ1n) is 12.0. The van der Waals surface area contributed by atoms with Gasteiger partial charge in [-0.25, -0.2) is 0 Å².